The van der Waals surface area contributed by atoms with Crippen molar-refractivity contribution < 1.29 is 14.5 Å². The van der Waals surface area contributed by atoms with E-state index < -0.39 is 4.92 Å². The van der Waals surface area contributed by atoms with Crippen LogP contribution in [-0.2, 0) is 4.79 Å². The molecule has 0 radical (unpaired) electrons. The van der Waals surface area contributed by atoms with Crippen LogP contribution in [0, 0.1) is 10.1 Å². The van der Waals surface area contributed by atoms with Crippen LogP contribution in [0.15, 0.2) is 47.4 Å². The summed E-state index contributed by atoms with van der Waals surface area (Å²) in [6.07, 6.45) is 1.54. The van der Waals surface area contributed by atoms with Crippen LogP contribution >= 0.6 is 35.6 Å². The summed E-state index contributed by atoms with van der Waals surface area (Å²) >= 11 is 12.4. The van der Waals surface area contributed by atoms with E-state index in [0.29, 0.717) is 31.2 Å². The zero-order valence-corrected chi connectivity index (χ0v) is 15.7. The number of non-ortho nitro benzene ring substituents is 1. The monoisotopic (exact) mass is 406 g/mol. The molecule has 0 N–H and O–H groups in total. The maximum Gasteiger partial charge on any atom is 0.270 e. The predicted octanol–water partition coefficient (Wildman–Crippen LogP) is 4.66. The van der Waals surface area contributed by atoms with Crippen molar-refractivity contribution in [1.82, 2.24) is 0 Å². The van der Waals surface area contributed by atoms with E-state index in [1.807, 2.05) is 0 Å². The van der Waals surface area contributed by atoms with Crippen LogP contribution in [0.1, 0.15) is 5.56 Å². The van der Waals surface area contributed by atoms with Crippen molar-refractivity contribution >= 4 is 63.3 Å². The Bertz CT molecular complexity index is 962. The number of carbonyl (C=O) groups excluding carboxylic acids is 1. The Morgan fingerprint density at radius 2 is 2.08 bits per heavy atom. The van der Waals surface area contributed by atoms with E-state index in [9.17, 15) is 14.9 Å². The summed E-state index contributed by atoms with van der Waals surface area (Å²) in [7, 11) is 1.45. The predicted molar refractivity (Wildman–Crippen MR) is 107 cm³/mol. The first kappa shape index (κ1) is 18.4. The lowest BCUT2D eigenvalue weighted by atomic mass is 10.1. The molecule has 1 heterocycles. The van der Waals surface area contributed by atoms with Crippen LogP contribution in [0.2, 0.25) is 5.02 Å². The Balaban J connectivity index is 2.00. The van der Waals surface area contributed by atoms with Crippen LogP contribution in [0.3, 0.4) is 0 Å². The second-order valence-corrected chi connectivity index (χ2v) is 7.29. The molecule has 0 atom stereocenters. The number of ether oxygens (including phenoxy) is 1. The number of anilines is 1. The maximum atomic E-state index is 12.8. The molecule has 1 fully saturated rings. The van der Waals surface area contributed by atoms with E-state index in [1.165, 1.54) is 36.3 Å². The molecular formula is C17H11ClN2O4S2. The van der Waals surface area contributed by atoms with Gasteiger partial charge in [0.1, 0.15) is 5.75 Å². The molecule has 2 aromatic carbocycles. The number of rotatable bonds is 4. The molecule has 6 nitrogen and oxygen atoms in total. The number of thiocarbonyl (C=S) groups is 1. The highest BCUT2D eigenvalue weighted by molar-refractivity contribution is 8.27. The number of thioether (sulfide) groups is 1. The smallest absolute Gasteiger partial charge is 0.270 e. The van der Waals surface area contributed by atoms with Crippen molar-refractivity contribution in [2.45, 2.75) is 0 Å². The molecule has 9 heteroatoms. The van der Waals surface area contributed by atoms with Crippen LogP contribution in [0.5, 0.6) is 5.75 Å². The van der Waals surface area contributed by atoms with E-state index in [4.69, 9.17) is 28.6 Å². The summed E-state index contributed by atoms with van der Waals surface area (Å²) in [5.41, 5.74) is 0.894. The van der Waals surface area contributed by atoms with E-state index in [0.717, 1.165) is 11.8 Å². The van der Waals surface area contributed by atoms with Gasteiger partial charge in [0.2, 0.25) is 0 Å². The minimum atomic E-state index is -0.506. The van der Waals surface area contributed by atoms with Gasteiger partial charge < -0.3 is 4.74 Å². The minimum absolute atomic E-state index is 0.0950. The molecule has 1 aliphatic heterocycles. The fourth-order valence-corrected chi connectivity index (χ4v) is 3.87. The first-order valence-corrected chi connectivity index (χ1v) is 8.87. The van der Waals surface area contributed by atoms with Crippen molar-refractivity contribution in [3.63, 3.8) is 0 Å². The van der Waals surface area contributed by atoms with Gasteiger partial charge in [0.15, 0.2) is 4.32 Å². The molecule has 1 amide bonds. The summed E-state index contributed by atoms with van der Waals surface area (Å²) in [6.45, 7) is 0. The summed E-state index contributed by atoms with van der Waals surface area (Å²) in [5.74, 6) is 0.0967. The molecule has 132 valence electrons. The number of nitrogens with zero attached hydrogens (tertiary/aromatic N) is 2. The first-order valence-electron chi connectivity index (χ1n) is 7.26. The lowest BCUT2D eigenvalue weighted by Crippen LogP contribution is -2.27. The molecule has 3 rings (SSSR count). The van der Waals surface area contributed by atoms with E-state index >= 15 is 0 Å². The molecule has 0 aliphatic carbocycles. The summed E-state index contributed by atoms with van der Waals surface area (Å²) in [6, 6.07) is 11.0. The average molecular weight is 407 g/mol. The lowest BCUT2D eigenvalue weighted by molar-refractivity contribution is -0.384. The van der Waals surface area contributed by atoms with Gasteiger partial charge >= 0.3 is 0 Å². The van der Waals surface area contributed by atoms with Gasteiger partial charge in [-0.05, 0) is 30.3 Å². The number of methoxy groups -OCH3 is 1. The third-order valence-electron chi connectivity index (χ3n) is 3.57. The first-order chi connectivity index (χ1) is 12.4. The minimum Gasteiger partial charge on any atom is -0.496 e. The summed E-state index contributed by atoms with van der Waals surface area (Å²) < 4.78 is 5.58. The maximum absolute atomic E-state index is 12.8. The highest BCUT2D eigenvalue weighted by Gasteiger charge is 2.33. The van der Waals surface area contributed by atoms with Crippen molar-refractivity contribution in [3.05, 3.63) is 68.1 Å². The Kier molecular flexibility index (Phi) is 5.26. The molecular weight excluding hydrogens is 396 g/mol. The van der Waals surface area contributed by atoms with Gasteiger partial charge in [0, 0.05) is 22.7 Å². The Morgan fingerprint density at radius 1 is 1.31 bits per heavy atom. The molecule has 26 heavy (non-hydrogen) atoms. The highest BCUT2D eigenvalue weighted by Crippen LogP contribution is 2.38. The molecule has 0 unspecified atom stereocenters. The number of carbonyl (C=O) groups is 1. The fourth-order valence-electron chi connectivity index (χ4n) is 2.39. The molecule has 1 saturated heterocycles. The number of benzene rings is 2. The van der Waals surface area contributed by atoms with Crippen LogP contribution in [-0.4, -0.2) is 22.3 Å². The van der Waals surface area contributed by atoms with Gasteiger partial charge in [0.25, 0.3) is 11.6 Å². The zero-order chi connectivity index (χ0) is 18.8. The van der Waals surface area contributed by atoms with E-state index in [-0.39, 0.29) is 11.6 Å². The summed E-state index contributed by atoms with van der Waals surface area (Å²) in [4.78, 5) is 25.0. The average Bonchev–Trinajstić information content (AvgIpc) is 2.88. The third-order valence-corrected chi connectivity index (χ3v) is 5.11. The van der Waals surface area contributed by atoms with E-state index in [2.05, 4.69) is 0 Å². The third kappa shape index (κ3) is 3.57. The Hall–Kier alpha value is -2.42. The van der Waals surface area contributed by atoms with Crippen molar-refractivity contribution in [2.24, 2.45) is 0 Å². The number of nitro groups is 1. The molecule has 1 aliphatic rings. The Labute approximate surface area is 163 Å². The van der Waals surface area contributed by atoms with E-state index in [1.54, 1.807) is 24.3 Å². The number of hydrogen-bond donors (Lipinski definition) is 0. The second kappa shape index (κ2) is 7.45. The van der Waals surface area contributed by atoms with Gasteiger partial charge in [-0.3, -0.25) is 19.8 Å². The number of hydrogen-bond acceptors (Lipinski definition) is 6. The topological polar surface area (TPSA) is 72.7 Å². The molecule has 0 saturated carbocycles. The van der Waals surface area contributed by atoms with Gasteiger partial charge in [-0.2, -0.15) is 0 Å². The van der Waals surface area contributed by atoms with Crippen molar-refractivity contribution in [3.8, 4) is 5.75 Å². The van der Waals surface area contributed by atoms with Crippen LogP contribution in [0.25, 0.3) is 6.08 Å². The van der Waals surface area contributed by atoms with Crippen molar-refractivity contribution in [1.29, 1.82) is 0 Å². The van der Waals surface area contributed by atoms with Crippen LogP contribution in [0.4, 0.5) is 11.4 Å². The quantitative estimate of drug-likeness (QED) is 0.318. The summed E-state index contributed by atoms with van der Waals surface area (Å²) in [5, 5.41) is 11.5. The van der Waals surface area contributed by atoms with Gasteiger partial charge in [-0.1, -0.05) is 41.6 Å². The highest BCUT2D eigenvalue weighted by atomic mass is 35.5. The number of amides is 1. The SMILES string of the molecule is COc1ccc([N+](=O)[O-])cc1/C=C1/SC(=S)N(c2cccc(Cl)c2)C1=O. The van der Waals surface area contributed by atoms with Crippen LogP contribution < -0.4 is 9.64 Å². The van der Waals surface area contributed by atoms with Gasteiger partial charge in [-0.25, -0.2) is 0 Å². The fraction of sp³-hybridized carbons (Fsp3) is 0.0588. The van der Waals surface area contributed by atoms with Gasteiger partial charge in [-0.15, -0.1) is 0 Å². The molecule has 0 spiro atoms. The number of nitro benzene ring substituents is 1. The normalized spacial score (nSPS) is 15.6. The molecule has 0 bridgehead atoms. The second-order valence-electron chi connectivity index (χ2n) is 5.18. The largest absolute Gasteiger partial charge is 0.496 e. The lowest BCUT2D eigenvalue weighted by Gasteiger charge is -2.14. The molecule has 2 aromatic rings. The van der Waals surface area contributed by atoms with Gasteiger partial charge in [0.05, 0.1) is 22.6 Å². The zero-order valence-electron chi connectivity index (χ0n) is 13.3. The standard InChI is InChI=1S/C17H11ClN2O4S2/c1-24-14-6-5-13(20(22)23)7-10(14)8-15-16(21)19(17(25)26-15)12-4-2-3-11(18)9-12/h2-9H,1H3/b15-8+. The molecule has 0 aromatic heterocycles. The Morgan fingerprint density at radius 3 is 2.73 bits per heavy atom. The van der Waals surface area contributed by atoms with Crippen molar-refractivity contribution in [2.75, 3.05) is 12.0 Å². The number of halogens is 1.